The molecule has 0 aromatic heterocycles. The summed E-state index contributed by atoms with van der Waals surface area (Å²) >= 11 is 0. The van der Waals surface area contributed by atoms with Crippen LogP contribution in [0.3, 0.4) is 0 Å². The van der Waals surface area contributed by atoms with Crippen LogP contribution >= 0.6 is 24.0 Å². The van der Waals surface area contributed by atoms with Gasteiger partial charge in [0.1, 0.15) is 0 Å². The second-order valence-electron chi connectivity index (χ2n) is 8.40. The topological polar surface area (TPSA) is 48.2 Å². The molecule has 0 aromatic carbocycles. The number of hydrogen-bond donors (Lipinski definition) is 0. The third-order valence-corrected chi connectivity index (χ3v) is 5.91. The first kappa shape index (κ1) is 28.8. The maximum atomic E-state index is 11.9. The molecule has 0 aliphatic rings. The number of quaternary nitrogens is 1. The highest BCUT2D eigenvalue weighted by Crippen LogP contribution is 2.13. The summed E-state index contributed by atoms with van der Waals surface area (Å²) in [7, 11) is 3.14. The van der Waals surface area contributed by atoms with Gasteiger partial charge >= 0.3 is 0 Å². The van der Waals surface area contributed by atoms with Crippen LogP contribution in [0.2, 0.25) is 0 Å². The van der Waals surface area contributed by atoms with Crippen molar-refractivity contribution in [3.63, 3.8) is 0 Å². The molecule has 0 N–H and O–H groups in total. The normalized spacial score (nSPS) is 12.2. The van der Waals surface area contributed by atoms with Crippen LogP contribution < -0.4 is 0 Å². The molecule has 4 nitrogen and oxygen atoms in total. The second kappa shape index (κ2) is 17.7. The van der Waals surface area contributed by atoms with E-state index in [1.54, 1.807) is 0 Å². The summed E-state index contributed by atoms with van der Waals surface area (Å²) in [6, 6.07) is 0. The van der Waals surface area contributed by atoms with Crippen LogP contribution in [-0.2, 0) is 10.0 Å². The van der Waals surface area contributed by atoms with E-state index < -0.39 is 10.0 Å². The minimum Gasteiger partial charge on any atom is -0.549 e. The van der Waals surface area contributed by atoms with E-state index in [4.69, 9.17) is 0 Å². The smallest absolute Gasteiger partial charge is 0.0763 e. The van der Waals surface area contributed by atoms with Gasteiger partial charge in [0.15, 0.2) is 0 Å². The lowest BCUT2D eigenvalue weighted by Gasteiger charge is -2.26. The van der Waals surface area contributed by atoms with Crippen LogP contribution in [-0.4, -0.2) is 52.9 Å². The van der Waals surface area contributed by atoms with Crippen molar-refractivity contribution in [3.05, 3.63) is 4.72 Å². The van der Waals surface area contributed by atoms with Gasteiger partial charge in [-0.1, -0.05) is 77.6 Å². The fraction of sp³-hybridized carbons (Fsp3) is 1.00. The van der Waals surface area contributed by atoms with Gasteiger partial charge in [-0.3, -0.25) is 0 Å². The van der Waals surface area contributed by atoms with E-state index in [2.05, 4.69) is 32.8 Å². The van der Waals surface area contributed by atoms with Gasteiger partial charge in [0.2, 0.25) is 0 Å². The van der Waals surface area contributed by atoms with Crippen LogP contribution in [0.15, 0.2) is 0 Å². The Labute approximate surface area is 181 Å². The van der Waals surface area contributed by atoms with Gasteiger partial charge in [-0.25, -0.2) is 8.42 Å². The molecule has 0 aromatic rings. The van der Waals surface area contributed by atoms with Crippen LogP contribution in [0, 0.1) is 0 Å². The minimum absolute atomic E-state index is 0. The number of sulfonamides is 1. The molecular formula is C20H45IN2O2S. The molecule has 0 bridgehead atoms. The van der Waals surface area contributed by atoms with Crippen molar-refractivity contribution >= 4 is 34.0 Å². The van der Waals surface area contributed by atoms with Crippen molar-refractivity contribution in [2.75, 3.05) is 40.0 Å². The first-order chi connectivity index (χ1) is 11.8. The molecule has 26 heavy (non-hydrogen) atoms. The lowest BCUT2D eigenvalue weighted by Crippen LogP contribution is -2.35. The van der Waals surface area contributed by atoms with Gasteiger partial charge in [-0.15, -0.1) is 30.5 Å². The number of halogens is 1. The summed E-state index contributed by atoms with van der Waals surface area (Å²) in [5.41, 5.74) is 0. The Hall–Kier alpha value is 0.600. The third-order valence-electron chi connectivity index (χ3n) is 4.53. The standard InChI is InChI=1S/C20H44N2O2S.HI/c1-5-6-7-8-9-10-11-12-13-14-15-16-20-25(23,24)21-18-17-19-22(2,3)4;/h5-20H2,1-4H3;1H. The summed E-state index contributed by atoms with van der Waals surface area (Å²) in [6.07, 6.45) is 15.9. The molecule has 0 aliphatic carbocycles. The van der Waals surface area contributed by atoms with Gasteiger partial charge in [-0.05, 0) is 12.8 Å². The highest BCUT2D eigenvalue weighted by Gasteiger charge is 2.05. The Kier molecular flexibility index (Phi) is 19.6. The molecule has 0 unspecified atom stereocenters. The van der Waals surface area contributed by atoms with Crippen molar-refractivity contribution in [2.24, 2.45) is 0 Å². The zero-order valence-corrected chi connectivity index (χ0v) is 21.0. The number of hydrogen-bond acceptors (Lipinski definition) is 2. The predicted octanol–water partition coefficient (Wildman–Crippen LogP) is 6.11. The first-order valence-electron chi connectivity index (χ1n) is 10.5. The maximum Gasteiger partial charge on any atom is 0.0763 e. The van der Waals surface area contributed by atoms with Gasteiger partial charge < -0.3 is 9.21 Å². The van der Waals surface area contributed by atoms with Gasteiger partial charge in [0.05, 0.1) is 37.7 Å². The Morgan fingerprint density at radius 1 is 0.692 bits per heavy atom. The predicted molar refractivity (Wildman–Crippen MR) is 126 cm³/mol. The molecular weight excluding hydrogens is 459 g/mol. The Morgan fingerprint density at radius 2 is 1.12 bits per heavy atom. The number of nitrogens with zero attached hydrogens (tertiary/aromatic N) is 2. The van der Waals surface area contributed by atoms with Gasteiger partial charge in [-0.2, -0.15) is 0 Å². The van der Waals surface area contributed by atoms with E-state index in [1.807, 2.05) is 0 Å². The van der Waals surface area contributed by atoms with E-state index in [0.29, 0.717) is 6.54 Å². The Bertz CT molecular complexity index is 395. The average molecular weight is 505 g/mol. The molecule has 0 spiro atoms. The van der Waals surface area contributed by atoms with Crippen molar-refractivity contribution in [1.82, 2.24) is 0 Å². The molecule has 6 heteroatoms. The minimum atomic E-state index is -3.19. The highest BCUT2D eigenvalue weighted by molar-refractivity contribution is 14.0. The zero-order valence-electron chi connectivity index (χ0n) is 17.8. The van der Waals surface area contributed by atoms with Crippen LogP contribution in [0.4, 0.5) is 0 Å². The van der Waals surface area contributed by atoms with Gasteiger partial charge in [0.25, 0.3) is 0 Å². The van der Waals surface area contributed by atoms with Gasteiger partial charge in [0, 0.05) is 5.75 Å². The lowest BCUT2D eigenvalue weighted by molar-refractivity contribution is -0.870. The Balaban J connectivity index is 0. The lowest BCUT2D eigenvalue weighted by atomic mass is 10.1. The molecule has 0 aliphatic heterocycles. The third kappa shape index (κ3) is 22.6. The highest BCUT2D eigenvalue weighted by atomic mass is 127. The van der Waals surface area contributed by atoms with E-state index in [1.165, 1.54) is 57.8 Å². The van der Waals surface area contributed by atoms with Crippen LogP contribution in [0.5, 0.6) is 0 Å². The van der Waals surface area contributed by atoms with Crippen molar-refractivity contribution in [3.8, 4) is 0 Å². The molecule has 0 fully saturated rings. The van der Waals surface area contributed by atoms with Crippen molar-refractivity contribution in [1.29, 1.82) is 0 Å². The largest absolute Gasteiger partial charge is 0.549 e. The summed E-state index contributed by atoms with van der Waals surface area (Å²) < 4.78 is 28.5. The quantitative estimate of drug-likeness (QED) is 0.129. The summed E-state index contributed by atoms with van der Waals surface area (Å²) in [6.45, 7) is 3.65. The van der Waals surface area contributed by atoms with E-state index in [0.717, 1.165) is 36.7 Å². The first-order valence-corrected chi connectivity index (χ1v) is 12.1. The molecule has 0 radical (unpaired) electrons. The molecule has 0 heterocycles. The molecule has 0 saturated heterocycles. The fourth-order valence-corrected chi connectivity index (χ4v) is 4.04. The summed E-state index contributed by atoms with van der Waals surface area (Å²) in [5, 5.41) is 0. The zero-order chi connectivity index (χ0) is 19.0. The molecule has 0 atom stereocenters. The second-order valence-corrected chi connectivity index (χ2v) is 10.2. The van der Waals surface area contributed by atoms with Crippen LogP contribution in [0.25, 0.3) is 4.72 Å². The van der Waals surface area contributed by atoms with E-state index in [-0.39, 0.29) is 29.7 Å². The fourth-order valence-electron chi connectivity index (χ4n) is 2.94. The summed E-state index contributed by atoms with van der Waals surface area (Å²) in [5.74, 6) is 0.231. The van der Waals surface area contributed by atoms with E-state index >= 15 is 0 Å². The average Bonchev–Trinajstić information content (AvgIpc) is 2.52. The number of rotatable bonds is 18. The van der Waals surface area contributed by atoms with Crippen LogP contribution in [0.1, 0.15) is 90.4 Å². The maximum absolute atomic E-state index is 11.9. The number of unbranched alkanes of at least 4 members (excludes halogenated alkanes) is 11. The van der Waals surface area contributed by atoms with Crippen molar-refractivity contribution < 1.29 is 12.9 Å². The summed E-state index contributed by atoms with van der Waals surface area (Å²) in [4.78, 5) is 0. The molecule has 0 amide bonds. The van der Waals surface area contributed by atoms with Crippen molar-refractivity contribution in [2.45, 2.75) is 90.4 Å². The molecule has 0 rings (SSSR count). The Morgan fingerprint density at radius 3 is 1.54 bits per heavy atom. The SMILES string of the molecule is CCCCCCCCCCCCCCS(=O)(=O)[N-]CCC[N+](C)(C)C.I. The molecule has 0 saturated carbocycles. The molecule has 160 valence electrons. The monoisotopic (exact) mass is 504 g/mol. The van der Waals surface area contributed by atoms with E-state index in [9.17, 15) is 8.42 Å².